The Hall–Kier alpha value is -2.36. The number of amides is 1. The van der Waals surface area contributed by atoms with Crippen LogP contribution in [0.4, 0.5) is 10.1 Å². The second-order valence-electron chi connectivity index (χ2n) is 4.17. The molecule has 0 radical (unpaired) electrons. The standard InChI is InChI=1S/C15H14FNO2/c1-10-4-3-5-12(8-10)17-15(18)11-6-7-14(19-2)13(16)9-11/h3-9H,1-2H3,(H,17,18). The zero-order valence-electron chi connectivity index (χ0n) is 10.7. The molecule has 0 saturated carbocycles. The maximum atomic E-state index is 13.5. The summed E-state index contributed by atoms with van der Waals surface area (Å²) >= 11 is 0. The fourth-order valence-electron chi connectivity index (χ4n) is 1.73. The second kappa shape index (κ2) is 5.52. The first-order valence-corrected chi connectivity index (χ1v) is 5.81. The minimum Gasteiger partial charge on any atom is -0.494 e. The molecule has 2 rings (SSSR count). The van der Waals surface area contributed by atoms with Gasteiger partial charge in [0.2, 0.25) is 0 Å². The van der Waals surface area contributed by atoms with Crippen LogP contribution in [0.5, 0.6) is 5.75 Å². The van der Waals surface area contributed by atoms with Gasteiger partial charge in [0.05, 0.1) is 7.11 Å². The molecular formula is C15H14FNO2. The molecule has 4 heteroatoms. The van der Waals surface area contributed by atoms with Crippen molar-refractivity contribution in [2.24, 2.45) is 0 Å². The molecule has 2 aromatic rings. The summed E-state index contributed by atoms with van der Waals surface area (Å²) in [5, 5.41) is 2.72. The second-order valence-corrected chi connectivity index (χ2v) is 4.17. The summed E-state index contributed by atoms with van der Waals surface area (Å²) < 4.78 is 18.3. The van der Waals surface area contributed by atoms with E-state index in [1.165, 1.54) is 19.2 Å². The number of carbonyl (C=O) groups is 1. The Balaban J connectivity index is 2.18. The molecule has 0 spiro atoms. The van der Waals surface area contributed by atoms with Gasteiger partial charge >= 0.3 is 0 Å². The molecule has 0 unspecified atom stereocenters. The van der Waals surface area contributed by atoms with E-state index in [2.05, 4.69) is 5.32 Å². The third-order valence-corrected chi connectivity index (χ3v) is 2.69. The smallest absolute Gasteiger partial charge is 0.255 e. The van der Waals surface area contributed by atoms with Crippen molar-refractivity contribution in [3.05, 3.63) is 59.4 Å². The largest absolute Gasteiger partial charge is 0.494 e. The van der Waals surface area contributed by atoms with Gasteiger partial charge in [-0.2, -0.15) is 0 Å². The van der Waals surface area contributed by atoms with E-state index in [-0.39, 0.29) is 17.2 Å². The van der Waals surface area contributed by atoms with Crippen LogP contribution in [0.2, 0.25) is 0 Å². The molecule has 3 nitrogen and oxygen atoms in total. The van der Waals surface area contributed by atoms with Crippen molar-refractivity contribution >= 4 is 11.6 Å². The number of nitrogens with one attached hydrogen (secondary N) is 1. The highest BCUT2D eigenvalue weighted by Crippen LogP contribution is 2.19. The summed E-state index contributed by atoms with van der Waals surface area (Å²) in [5.74, 6) is -0.793. The van der Waals surface area contributed by atoms with Gasteiger partial charge in [-0.1, -0.05) is 12.1 Å². The quantitative estimate of drug-likeness (QED) is 0.917. The average molecular weight is 259 g/mol. The van der Waals surface area contributed by atoms with Crippen LogP contribution in [-0.4, -0.2) is 13.0 Å². The molecule has 0 aliphatic rings. The lowest BCUT2D eigenvalue weighted by atomic mass is 10.1. The fraction of sp³-hybridized carbons (Fsp3) is 0.133. The Morgan fingerprint density at radius 2 is 2.00 bits per heavy atom. The number of anilines is 1. The zero-order valence-corrected chi connectivity index (χ0v) is 10.7. The molecule has 2 aromatic carbocycles. The lowest BCUT2D eigenvalue weighted by Gasteiger charge is -2.07. The van der Waals surface area contributed by atoms with E-state index >= 15 is 0 Å². The predicted molar refractivity (Wildman–Crippen MR) is 72.1 cm³/mol. The van der Waals surface area contributed by atoms with Crippen LogP contribution >= 0.6 is 0 Å². The van der Waals surface area contributed by atoms with Crippen molar-refractivity contribution in [3.8, 4) is 5.75 Å². The van der Waals surface area contributed by atoms with Crippen LogP contribution in [-0.2, 0) is 0 Å². The predicted octanol–water partition coefficient (Wildman–Crippen LogP) is 3.40. The topological polar surface area (TPSA) is 38.3 Å². The van der Waals surface area contributed by atoms with Crippen LogP contribution in [0.1, 0.15) is 15.9 Å². The van der Waals surface area contributed by atoms with E-state index in [1.807, 2.05) is 25.1 Å². The Morgan fingerprint density at radius 3 is 2.63 bits per heavy atom. The van der Waals surface area contributed by atoms with E-state index < -0.39 is 5.82 Å². The molecule has 19 heavy (non-hydrogen) atoms. The average Bonchev–Trinajstić information content (AvgIpc) is 2.38. The highest BCUT2D eigenvalue weighted by Gasteiger charge is 2.10. The molecule has 0 bridgehead atoms. The zero-order chi connectivity index (χ0) is 13.8. The van der Waals surface area contributed by atoms with E-state index in [0.717, 1.165) is 11.6 Å². The molecule has 98 valence electrons. The Kier molecular flexibility index (Phi) is 3.80. The van der Waals surface area contributed by atoms with E-state index in [1.54, 1.807) is 6.07 Å². The summed E-state index contributed by atoms with van der Waals surface area (Å²) in [5.41, 5.74) is 1.97. The number of hydrogen-bond acceptors (Lipinski definition) is 2. The first-order valence-electron chi connectivity index (χ1n) is 5.81. The molecule has 0 saturated heterocycles. The fourth-order valence-corrected chi connectivity index (χ4v) is 1.73. The number of halogens is 1. The van der Waals surface area contributed by atoms with E-state index in [4.69, 9.17) is 4.74 Å². The summed E-state index contributed by atoms with van der Waals surface area (Å²) in [6.07, 6.45) is 0. The first-order chi connectivity index (χ1) is 9.10. The third-order valence-electron chi connectivity index (χ3n) is 2.69. The van der Waals surface area contributed by atoms with Gasteiger partial charge in [0.15, 0.2) is 11.6 Å². The van der Waals surface area contributed by atoms with Crippen molar-refractivity contribution in [3.63, 3.8) is 0 Å². The van der Waals surface area contributed by atoms with Crippen molar-refractivity contribution in [2.75, 3.05) is 12.4 Å². The maximum Gasteiger partial charge on any atom is 0.255 e. The Morgan fingerprint density at radius 1 is 1.21 bits per heavy atom. The number of methoxy groups -OCH3 is 1. The number of benzene rings is 2. The number of hydrogen-bond donors (Lipinski definition) is 1. The Labute approximate surface area is 111 Å². The Bertz CT molecular complexity index is 611. The highest BCUT2D eigenvalue weighted by atomic mass is 19.1. The normalized spacial score (nSPS) is 10.1. The van der Waals surface area contributed by atoms with Gasteiger partial charge in [0.1, 0.15) is 0 Å². The van der Waals surface area contributed by atoms with Gasteiger partial charge in [-0.05, 0) is 42.8 Å². The van der Waals surface area contributed by atoms with Gasteiger partial charge < -0.3 is 10.1 Å². The van der Waals surface area contributed by atoms with Gasteiger partial charge in [0, 0.05) is 11.3 Å². The maximum absolute atomic E-state index is 13.5. The molecular weight excluding hydrogens is 245 g/mol. The number of ether oxygens (including phenoxy) is 1. The van der Waals surface area contributed by atoms with Gasteiger partial charge in [0.25, 0.3) is 5.91 Å². The lowest BCUT2D eigenvalue weighted by molar-refractivity contribution is 0.102. The number of aryl methyl sites for hydroxylation is 1. The van der Waals surface area contributed by atoms with Crippen LogP contribution in [0, 0.1) is 12.7 Å². The number of rotatable bonds is 3. The van der Waals surface area contributed by atoms with Gasteiger partial charge in [-0.3, -0.25) is 4.79 Å². The SMILES string of the molecule is COc1ccc(C(=O)Nc2cccc(C)c2)cc1F. The lowest BCUT2D eigenvalue weighted by Crippen LogP contribution is -2.12. The monoisotopic (exact) mass is 259 g/mol. The van der Waals surface area contributed by atoms with Crippen LogP contribution in [0.25, 0.3) is 0 Å². The third kappa shape index (κ3) is 3.10. The molecule has 0 aliphatic carbocycles. The molecule has 0 aromatic heterocycles. The molecule has 0 aliphatic heterocycles. The van der Waals surface area contributed by atoms with Crippen molar-refractivity contribution in [2.45, 2.75) is 6.92 Å². The minimum atomic E-state index is -0.556. The summed E-state index contributed by atoms with van der Waals surface area (Å²) in [4.78, 5) is 12.0. The van der Waals surface area contributed by atoms with Crippen LogP contribution in [0.3, 0.4) is 0 Å². The molecule has 1 amide bonds. The molecule has 0 fully saturated rings. The molecule has 0 heterocycles. The summed E-state index contributed by atoms with van der Waals surface area (Å²) in [6, 6.07) is 11.5. The molecule has 0 atom stereocenters. The van der Waals surface area contributed by atoms with E-state index in [0.29, 0.717) is 5.69 Å². The van der Waals surface area contributed by atoms with E-state index in [9.17, 15) is 9.18 Å². The van der Waals surface area contributed by atoms with Gasteiger partial charge in [-0.25, -0.2) is 4.39 Å². The molecule has 1 N–H and O–H groups in total. The van der Waals surface area contributed by atoms with Crippen molar-refractivity contribution < 1.29 is 13.9 Å². The van der Waals surface area contributed by atoms with Gasteiger partial charge in [-0.15, -0.1) is 0 Å². The summed E-state index contributed by atoms with van der Waals surface area (Å²) in [6.45, 7) is 1.93. The van der Waals surface area contributed by atoms with Crippen LogP contribution in [0.15, 0.2) is 42.5 Å². The number of carbonyl (C=O) groups excluding carboxylic acids is 1. The summed E-state index contributed by atoms with van der Waals surface area (Å²) in [7, 11) is 1.38. The van der Waals surface area contributed by atoms with Crippen molar-refractivity contribution in [1.82, 2.24) is 0 Å². The minimum absolute atomic E-state index is 0.118. The highest BCUT2D eigenvalue weighted by molar-refractivity contribution is 6.04. The van der Waals surface area contributed by atoms with Crippen LogP contribution < -0.4 is 10.1 Å². The first kappa shape index (κ1) is 13.1. The van der Waals surface area contributed by atoms with Crippen molar-refractivity contribution in [1.29, 1.82) is 0 Å².